The Balaban J connectivity index is -0.000000352. The van der Waals surface area contributed by atoms with E-state index in [1.54, 1.807) is 30.5 Å². The second kappa shape index (κ2) is 57.6. The number of amides is 3. The number of pyridine rings is 1. The average Bonchev–Trinajstić information content (AvgIpc) is 1.66. The number of halogens is 9. The van der Waals surface area contributed by atoms with Crippen molar-refractivity contribution in [1.29, 1.82) is 0 Å². The van der Waals surface area contributed by atoms with Crippen LogP contribution in [-0.2, 0) is 28.6 Å². The number of anilines is 4. The first-order chi connectivity index (χ1) is 43.8. The van der Waals surface area contributed by atoms with Gasteiger partial charge in [0.25, 0.3) is 6.47 Å². The quantitative estimate of drug-likeness (QED) is 0.00367. The summed E-state index contributed by atoms with van der Waals surface area (Å²) in [4.78, 5) is 90.3. The number of benzene rings is 4. The fourth-order valence-electron chi connectivity index (χ4n) is 7.75. The van der Waals surface area contributed by atoms with Gasteiger partial charge in [0, 0.05) is 61.1 Å². The number of H-pyrrole nitrogens is 1. The number of Topliss-reactive ketones (excluding diaryl/α,β-unsaturated/α-hetero) is 2. The standard InChI is InChI=1S/C14H17BrFNO2.C14H18FNO3.C14H16FNO3.C12H14FNO.C5H5NO.C2H3ClO2.CH2O3.B.Br3P.2Cs.Na.2H/c1-19-14(18)17-13-8-10(5-7-12(13)16)11(15)6-4-9-2-3-9;2*1-19-14(18)16-12-8-10(5-6-11(12)15)13(17)7-4-9-2-3-9;13-10-5-4-9(7-11(10)14)12(15)6-3-8-1-2-8;7-5-3-1-2-4-6-5;1-5-2(3)4;2-1-4-3;;1-4(2)3;;;;;/h5,7-9,11H,2-4,6H2,1H3,(H,17,18);5-6,8-9,13,17H,2-4,7H2,1H3,(H,16,18);5-6,8-9H,2-4,7H2,1H3,(H,16,18);4-5,7-8H,1-3,6,14H2;1-4H,(H,6,7);1H3;1,3H;;;;;;;/q;;;;;;;;;3*+1;2*-1/p-1. The van der Waals surface area contributed by atoms with Crippen LogP contribution in [0, 0.1) is 46.9 Å². The van der Waals surface area contributed by atoms with E-state index in [2.05, 4.69) is 119 Å². The van der Waals surface area contributed by atoms with Crippen molar-refractivity contribution in [3.05, 3.63) is 153 Å². The van der Waals surface area contributed by atoms with E-state index in [0.717, 1.165) is 49.0 Å². The Labute approximate surface area is 739 Å². The third-order valence-electron chi connectivity index (χ3n) is 13.5. The van der Waals surface area contributed by atoms with E-state index in [4.69, 9.17) is 15.8 Å². The molecule has 96 heavy (non-hydrogen) atoms. The second-order valence-electron chi connectivity index (χ2n) is 20.6. The van der Waals surface area contributed by atoms with E-state index >= 15 is 0 Å². The summed E-state index contributed by atoms with van der Waals surface area (Å²) in [6, 6.07) is 22.0. The molecule has 7 N–H and O–H groups in total. The molecular formula is C62H76BBr4ClCs2F4N5NaO15P. The minimum atomic E-state index is -0.773. The van der Waals surface area contributed by atoms with Crippen molar-refractivity contribution in [2.75, 3.05) is 50.1 Å². The molecule has 4 aliphatic carbocycles. The topological polar surface area (TPSA) is 304 Å². The number of carbonyl (C=O) groups is 7. The maximum absolute atomic E-state index is 13.6. The summed E-state index contributed by atoms with van der Waals surface area (Å²) in [6.45, 7) is -0.181. The van der Waals surface area contributed by atoms with E-state index in [1.807, 2.05) is 0 Å². The Kier molecular flexibility index (Phi) is 59.6. The van der Waals surface area contributed by atoms with E-state index in [0.29, 0.717) is 41.9 Å². The van der Waals surface area contributed by atoms with Crippen LogP contribution in [0.15, 0.2) is 102 Å². The van der Waals surface area contributed by atoms with Gasteiger partial charge in [-0.2, -0.15) is 0 Å². The molecule has 0 spiro atoms. The van der Waals surface area contributed by atoms with Gasteiger partial charge >= 0.3 is 191 Å². The van der Waals surface area contributed by atoms with Gasteiger partial charge in [-0.1, -0.05) is 85.5 Å². The SMILES string of the molecule is BrP(Br)Br.COC(=O)Cl.COC(=O)Nc1cc(C(=O)CCC2CC2)ccc1F.COC(=O)Nc1cc(C(Br)CCC2CC2)ccc1F.COC(=O)Nc1cc(C(O)CCC2CC2)ccc1F.Nc1cc(C(=O)CCC2CC2)ccc1F.O=CO[O-].O=c1cccc[nH]1.[B].[Cs+].[Cs+].[H-].[H-].[Na+]. The molecule has 0 saturated heterocycles. The number of rotatable bonds is 20. The number of alkyl halides is 1. The number of methoxy groups -OCH3 is 4. The summed E-state index contributed by atoms with van der Waals surface area (Å²) >= 11 is 17.7. The predicted octanol–water partition coefficient (Wildman–Crippen LogP) is 8.07. The molecule has 20 nitrogen and oxygen atoms in total. The molecule has 2 unspecified atom stereocenters. The van der Waals surface area contributed by atoms with Crippen molar-refractivity contribution in [2.24, 2.45) is 23.7 Å². The molecule has 513 valence electrons. The third-order valence-corrected chi connectivity index (χ3v) is 14.6. The molecular weight excluding hydrogens is 1820 g/mol. The Bertz CT molecular complexity index is 3110. The van der Waals surface area contributed by atoms with Crippen LogP contribution in [0.2, 0.25) is 0 Å². The third kappa shape index (κ3) is 48.2. The van der Waals surface area contributed by atoms with Crippen molar-refractivity contribution in [3.63, 3.8) is 0 Å². The van der Waals surface area contributed by atoms with Crippen LogP contribution < -0.4 is 200 Å². The number of carbonyl (C=O) groups excluding carboxylic acids is 7. The molecule has 3 radical (unpaired) electrons. The normalized spacial score (nSPS) is 13.0. The largest absolute Gasteiger partial charge is 1.00 e. The van der Waals surface area contributed by atoms with Crippen molar-refractivity contribution in [1.82, 2.24) is 4.98 Å². The maximum Gasteiger partial charge on any atom is 1.00 e. The number of nitrogens with two attached hydrogens (primary N) is 1. The number of aliphatic hydroxyl groups is 1. The summed E-state index contributed by atoms with van der Waals surface area (Å²) in [5.41, 5.74) is 7.26. The molecule has 1 aromatic heterocycles. The fourth-order valence-corrected chi connectivity index (χ4v) is 8.29. The van der Waals surface area contributed by atoms with Crippen LogP contribution in [0.4, 0.5) is 59.5 Å². The number of hydrogen-bond donors (Lipinski definition) is 6. The second-order valence-corrected chi connectivity index (χ2v) is 37.4. The summed E-state index contributed by atoms with van der Waals surface area (Å²) < 4.78 is 70.4. The molecule has 2 atom stereocenters. The molecule has 34 heteroatoms. The number of ketones is 2. The number of ether oxygens (including phenoxy) is 4. The van der Waals surface area contributed by atoms with Gasteiger partial charge in [0.15, 0.2) is 11.6 Å². The first kappa shape index (κ1) is 99.3. The number of aromatic amines is 1. The van der Waals surface area contributed by atoms with E-state index < -0.39 is 53.1 Å². The van der Waals surface area contributed by atoms with Crippen molar-refractivity contribution >= 4 is 151 Å². The molecule has 3 amide bonds. The number of hydrogen-bond acceptors (Lipinski definition) is 16. The van der Waals surface area contributed by atoms with Crippen LogP contribution in [-0.4, -0.2) is 88.7 Å². The van der Waals surface area contributed by atoms with Crippen molar-refractivity contribution in [2.45, 2.75) is 114 Å². The van der Waals surface area contributed by atoms with Crippen LogP contribution in [0.3, 0.4) is 0 Å². The summed E-state index contributed by atoms with van der Waals surface area (Å²) in [5.74, 6) is 0.991. The molecule has 1 heterocycles. The van der Waals surface area contributed by atoms with Gasteiger partial charge in [-0.3, -0.25) is 35.1 Å². The van der Waals surface area contributed by atoms with Gasteiger partial charge in [-0.05, 0) is 187 Å². The number of aromatic nitrogens is 1. The van der Waals surface area contributed by atoms with Gasteiger partial charge in [0.05, 0.1) is 57.3 Å². The van der Waals surface area contributed by atoms with E-state index in [1.165, 1.54) is 153 Å². The van der Waals surface area contributed by atoms with Crippen LogP contribution in [0.1, 0.15) is 148 Å². The van der Waals surface area contributed by atoms with Crippen LogP contribution >= 0.6 is 78.0 Å². The molecule has 9 rings (SSSR count). The fraction of sp³-hybridized carbons (Fsp3) is 0.419. The molecule has 4 saturated carbocycles. The molecule has 4 aliphatic rings. The molecule has 0 bridgehead atoms. The van der Waals surface area contributed by atoms with Gasteiger partial charge in [0.1, 0.15) is 27.3 Å². The zero-order chi connectivity index (χ0) is 68.7. The zero-order valence-electron chi connectivity index (χ0n) is 56.3. The van der Waals surface area contributed by atoms with Gasteiger partial charge in [-0.15, -0.1) is 0 Å². The molecule has 5 aromatic rings. The van der Waals surface area contributed by atoms with Gasteiger partial charge < -0.3 is 47.8 Å². The Hall–Kier alpha value is -0.831. The Morgan fingerprint density at radius 2 is 0.990 bits per heavy atom. The smallest absolute Gasteiger partial charge is 1.00 e. The number of nitrogens with one attached hydrogen (secondary N) is 4. The number of nitrogen functional groups attached to an aromatic ring is 1. The predicted molar refractivity (Wildman–Crippen MR) is 365 cm³/mol. The van der Waals surface area contributed by atoms with Gasteiger partial charge in [-0.25, -0.2) is 36.7 Å². The molecule has 4 aromatic carbocycles. The molecule has 0 aliphatic heterocycles. The minimum Gasteiger partial charge on any atom is -1.00 e. The number of aliphatic hydroxyl groups excluding tert-OH is 1. The van der Waals surface area contributed by atoms with Gasteiger partial charge in [0.2, 0.25) is 5.56 Å². The Morgan fingerprint density at radius 1 is 0.635 bits per heavy atom. The zero-order valence-corrected chi connectivity index (χ0v) is 76.8. The van der Waals surface area contributed by atoms with Crippen molar-refractivity contribution < 1.29 is 256 Å². The molecule has 4 fully saturated rings. The van der Waals surface area contributed by atoms with Crippen LogP contribution in [0.25, 0.3) is 0 Å². The van der Waals surface area contributed by atoms with Crippen molar-refractivity contribution in [3.8, 4) is 0 Å². The minimum absolute atomic E-state index is 0. The van der Waals surface area contributed by atoms with Crippen LogP contribution in [0.5, 0.6) is 0 Å². The summed E-state index contributed by atoms with van der Waals surface area (Å²) in [6.07, 6.45) is 15.6. The summed E-state index contributed by atoms with van der Waals surface area (Å²) in [5, 5.41) is 25.4. The average molecular weight is 1890 g/mol. The first-order valence-electron chi connectivity index (χ1n) is 28.5. The maximum atomic E-state index is 13.6. The monoisotopic (exact) mass is 1890 g/mol. The van der Waals surface area contributed by atoms with E-state index in [9.17, 15) is 56.2 Å². The van der Waals surface area contributed by atoms with E-state index in [-0.39, 0.29) is 234 Å². The first-order valence-corrected chi connectivity index (χ1v) is 37.2. The summed E-state index contributed by atoms with van der Waals surface area (Å²) in [7, 11) is 4.87. The Morgan fingerprint density at radius 3 is 1.33 bits per heavy atom.